The molecule has 2 heterocycles. The monoisotopic (exact) mass is 436 g/mol. The topological polar surface area (TPSA) is 78.4 Å². The number of hydrogen-bond donors (Lipinski definition) is 0. The number of fused-ring (bicyclic) bond motifs is 1. The molecule has 0 aliphatic rings. The lowest BCUT2D eigenvalue weighted by molar-refractivity contribution is -0.137. The van der Waals surface area contributed by atoms with Crippen LogP contribution in [-0.2, 0) is 12.8 Å². The number of halogens is 4. The first-order valence-corrected chi connectivity index (χ1v) is 8.95. The molecule has 0 bridgehead atoms. The summed E-state index contributed by atoms with van der Waals surface area (Å²) >= 11 is 6.23. The highest BCUT2D eigenvalue weighted by Gasteiger charge is 2.30. The number of rotatable bonds is 4. The average molecular weight is 437 g/mol. The Morgan fingerprint density at radius 1 is 1.13 bits per heavy atom. The lowest BCUT2D eigenvalue weighted by Crippen LogP contribution is -2.04. The first-order valence-electron chi connectivity index (χ1n) is 8.58. The summed E-state index contributed by atoms with van der Waals surface area (Å²) in [6, 6.07) is 8.84. The molecule has 30 heavy (non-hydrogen) atoms. The fraction of sp³-hybridized carbons (Fsp3) is 0.150. The number of ether oxygens (including phenoxy) is 1. The van der Waals surface area contributed by atoms with Gasteiger partial charge in [-0.05, 0) is 30.7 Å². The lowest BCUT2D eigenvalue weighted by atomic mass is 10.1. The zero-order valence-electron chi connectivity index (χ0n) is 15.3. The quantitative estimate of drug-likeness (QED) is 0.398. The van der Waals surface area contributed by atoms with Gasteiger partial charge < -0.3 is 13.7 Å². The van der Waals surface area contributed by atoms with Gasteiger partial charge in [-0.25, -0.2) is 4.79 Å². The minimum atomic E-state index is -4.43. The van der Waals surface area contributed by atoms with E-state index in [0.717, 1.165) is 12.1 Å². The standard InChI is InChI=1S/C20H12ClF3N2O4/c1-10-6-18(27)29-15-8-16(14(21)7-13(10)15)28-9-17-25-19(26-30-17)11-2-4-12(5-3-11)20(22,23)24/h2-8H,9H2,1H3. The Morgan fingerprint density at radius 2 is 1.87 bits per heavy atom. The second kappa shape index (κ2) is 7.49. The van der Waals surface area contributed by atoms with Crippen LogP contribution in [0, 0.1) is 6.92 Å². The summed E-state index contributed by atoms with van der Waals surface area (Å²) in [7, 11) is 0. The third kappa shape index (κ3) is 4.02. The SMILES string of the molecule is Cc1cc(=O)oc2cc(OCc3nc(-c4ccc(C(F)(F)F)cc4)no3)c(Cl)cc12. The molecule has 154 valence electrons. The maximum absolute atomic E-state index is 12.7. The number of aryl methyl sites for hydroxylation is 1. The molecule has 0 aliphatic carbocycles. The molecule has 0 saturated heterocycles. The van der Waals surface area contributed by atoms with Crippen LogP contribution in [0.4, 0.5) is 13.2 Å². The largest absolute Gasteiger partial charge is 0.482 e. The predicted molar refractivity (Wildman–Crippen MR) is 101 cm³/mol. The molecule has 2 aromatic heterocycles. The van der Waals surface area contributed by atoms with Crippen molar-refractivity contribution in [1.29, 1.82) is 0 Å². The molecule has 0 fully saturated rings. The van der Waals surface area contributed by atoms with E-state index in [0.29, 0.717) is 27.1 Å². The summed E-state index contributed by atoms with van der Waals surface area (Å²) in [4.78, 5) is 15.7. The smallest absolute Gasteiger partial charge is 0.416 e. The van der Waals surface area contributed by atoms with Gasteiger partial charge in [-0.1, -0.05) is 28.9 Å². The molecule has 0 aliphatic heterocycles. The summed E-state index contributed by atoms with van der Waals surface area (Å²) in [6.07, 6.45) is -4.43. The molecule has 10 heteroatoms. The highest BCUT2D eigenvalue weighted by Crippen LogP contribution is 2.32. The Labute approximate surface area is 171 Å². The van der Waals surface area contributed by atoms with Crippen LogP contribution in [-0.4, -0.2) is 10.1 Å². The van der Waals surface area contributed by atoms with Gasteiger partial charge >= 0.3 is 11.8 Å². The van der Waals surface area contributed by atoms with Gasteiger partial charge in [0.1, 0.15) is 11.3 Å². The van der Waals surface area contributed by atoms with Crippen LogP contribution in [0.25, 0.3) is 22.4 Å². The van der Waals surface area contributed by atoms with Crippen molar-refractivity contribution < 1.29 is 26.8 Å². The molecule has 4 aromatic rings. The zero-order valence-corrected chi connectivity index (χ0v) is 16.0. The molecule has 6 nitrogen and oxygen atoms in total. The van der Waals surface area contributed by atoms with Crippen LogP contribution in [0.15, 0.2) is 56.2 Å². The summed E-state index contributed by atoms with van der Waals surface area (Å²) in [6.45, 7) is 1.62. The van der Waals surface area contributed by atoms with Crippen LogP contribution in [0.1, 0.15) is 17.0 Å². The van der Waals surface area contributed by atoms with Crippen molar-refractivity contribution in [3.63, 3.8) is 0 Å². The van der Waals surface area contributed by atoms with Crippen molar-refractivity contribution in [2.24, 2.45) is 0 Å². The molecule has 0 atom stereocenters. The highest BCUT2D eigenvalue weighted by molar-refractivity contribution is 6.32. The van der Waals surface area contributed by atoms with Gasteiger partial charge in [-0.15, -0.1) is 0 Å². The van der Waals surface area contributed by atoms with E-state index in [1.54, 1.807) is 13.0 Å². The number of nitrogens with zero attached hydrogens (tertiary/aromatic N) is 2. The molecule has 0 saturated carbocycles. The summed E-state index contributed by atoms with van der Waals surface area (Å²) in [5.74, 6) is 0.451. The maximum Gasteiger partial charge on any atom is 0.416 e. The van der Waals surface area contributed by atoms with Crippen LogP contribution < -0.4 is 10.4 Å². The van der Waals surface area contributed by atoms with Crippen molar-refractivity contribution >= 4 is 22.6 Å². The summed E-state index contributed by atoms with van der Waals surface area (Å²) in [5, 5.41) is 4.71. The minimum absolute atomic E-state index is 0.0896. The minimum Gasteiger partial charge on any atom is -0.482 e. The van der Waals surface area contributed by atoms with E-state index in [1.165, 1.54) is 24.3 Å². The second-order valence-electron chi connectivity index (χ2n) is 6.40. The van der Waals surface area contributed by atoms with E-state index in [2.05, 4.69) is 10.1 Å². The molecule has 0 amide bonds. The molecule has 0 radical (unpaired) electrons. The fourth-order valence-corrected chi connectivity index (χ4v) is 3.03. The number of benzene rings is 2. The summed E-state index contributed by atoms with van der Waals surface area (Å²) in [5.41, 5.74) is 0.125. The first-order chi connectivity index (χ1) is 14.2. The molecular formula is C20H12ClF3N2O4. The van der Waals surface area contributed by atoms with Crippen molar-refractivity contribution in [3.05, 3.63) is 74.9 Å². The molecule has 4 rings (SSSR count). The Balaban J connectivity index is 1.52. The Bertz CT molecular complexity index is 1280. The van der Waals surface area contributed by atoms with E-state index in [4.69, 9.17) is 25.3 Å². The summed E-state index contributed by atoms with van der Waals surface area (Å²) < 4.78 is 53.8. The Kier molecular flexibility index (Phi) is 4.98. The number of hydrogen-bond acceptors (Lipinski definition) is 6. The molecule has 0 spiro atoms. The average Bonchev–Trinajstić information content (AvgIpc) is 3.15. The lowest BCUT2D eigenvalue weighted by Gasteiger charge is -2.08. The van der Waals surface area contributed by atoms with Crippen molar-refractivity contribution in [3.8, 4) is 17.1 Å². The Morgan fingerprint density at radius 3 is 2.57 bits per heavy atom. The fourth-order valence-electron chi connectivity index (χ4n) is 2.81. The van der Waals surface area contributed by atoms with E-state index < -0.39 is 17.4 Å². The van der Waals surface area contributed by atoms with Crippen LogP contribution in [0.3, 0.4) is 0 Å². The first kappa shape index (κ1) is 20.0. The second-order valence-corrected chi connectivity index (χ2v) is 6.81. The van der Waals surface area contributed by atoms with Crippen LogP contribution in [0.5, 0.6) is 5.75 Å². The number of aromatic nitrogens is 2. The van der Waals surface area contributed by atoms with Crippen LogP contribution in [0.2, 0.25) is 5.02 Å². The maximum atomic E-state index is 12.7. The van der Waals surface area contributed by atoms with Gasteiger partial charge in [0.05, 0.1) is 10.6 Å². The molecule has 0 N–H and O–H groups in total. The van der Waals surface area contributed by atoms with E-state index in [9.17, 15) is 18.0 Å². The van der Waals surface area contributed by atoms with Gasteiger partial charge in [0.2, 0.25) is 5.82 Å². The van der Waals surface area contributed by atoms with Gasteiger partial charge in [0.15, 0.2) is 6.61 Å². The highest BCUT2D eigenvalue weighted by atomic mass is 35.5. The van der Waals surface area contributed by atoms with Gasteiger partial charge in [-0.2, -0.15) is 18.2 Å². The van der Waals surface area contributed by atoms with Crippen LogP contribution >= 0.6 is 11.6 Å². The van der Waals surface area contributed by atoms with Crippen molar-refractivity contribution in [2.45, 2.75) is 19.7 Å². The van der Waals surface area contributed by atoms with Crippen molar-refractivity contribution in [2.75, 3.05) is 0 Å². The van der Waals surface area contributed by atoms with Crippen molar-refractivity contribution in [1.82, 2.24) is 10.1 Å². The van der Waals surface area contributed by atoms with E-state index in [1.807, 2.05) is 0 Å². The zero-order chi connectivity index (χ0) is 21.5. The third-order valence-corrected chi connectivity index (χ3v) is 4.59. The van der Waals surface area contributed by atoms with Gasteiger partial charge in [0, 0.05) is 23.1 Å². The molecular weight excluding hydrogens is 425 g/mol. The predicted octanol–water partition coefficient (Wildman–Crippen LogP) is 5.40. The third-order valence-electron chi connectivity index (χ3n) is 4.29. The van der Waals surface area contributed by atoms with Gasteiger partial charge in [-0.3, -0.25) is 0 Å². The Hall–Kier alpha value is -3.33. The van der Waals surface area contributed by atoms with Gasteiger partial charge in [0.25, 0.3) is 5.89 Å². The normalized spacial score (nSPS) is 11.8. The molecule has 2 aromatic carbocycles. The van der Waals surface area contributed by atoms with E-state index in [-0.39, 0.29) is 24.1 Å². The number of alkyl halides is 3. The van der Waals surface area contributed by atoms with E-state index >= 15 is 0 Å². The molecule has 0 unspecified atom stereocenters.